The number of carbonyl (C=O) groups is 1. The van der Waals surface area contributed by atoms with Crippen LogP contribution in [0.25, 0.3) is 10.2 Å². The minimum Gasteiger partial charge on any atom is -0.496 e. The fourth-order valence-corrected chi connectivity index (χ4v) is 5.24. The topological polar surface area (TPSA) is 131 Å². The van der Waals surface area contributed by atoms with Crippen LogP contribution in [0, 0.1) is 18.2 Å². The van der Waals surface area contributed by atoms with Gasteiger partial charge in [0.25, 0.3) is 5.56 Å². The van der Waals surface area contributed by atoms with Crippen molar-refractivity contribution >= 4 is 44.9 Å². The summed E-state index contributed by atoms with van der Waals surface area (Å²) in [6, 6.07) is 3.58. The highest BCUT2D eigenvalue weighted by Crippen LogP contribution is 2.33. The quantitative estimate of drug-likeness (QED) is 0.331. The van der Waals surface area contributed by atoms with Crippen LogP contribution >= 0.6 is 11.3 Å². The maximum absolute atomic E-state index is 13.9. The van der Waals surface area contributed by atoms with E-state index in [1.807, 2.05) is 0 Å². The van der Waals surface area contributed by atoms with Crippen LogP contribution in [0.15, 0.2) is 32.9 Å². The smallest absolute Gasteiger partial charge is 0.332 e. The van der Waals surface area contributed by atoms with Gasteiger partial charge >= 0.3 is 5.69 Å². The number of aryl methyl sites for hydroxylation is 3. The van der Waals surface area contributed by atoms with Crippen LogP contribution < -0.4 is 26.7 Å². The molecule has 178 valence electrons. The molecular formula is C22H23FN6O4S. The van der Waals surface area contributed by atoms with E-state index in [4.69, 9.17) is 10.1 Å². The monoisotopic (exact) mass is 486 g/mol. The molecule has 12 heteroatoms. The first-order chi connectivity index (χ1) is 16.3. The molecule has 0 aliphatic carbocycles. The fraction of sp³-hybridized carbons (Fsp3) is 0.318. The number of aromatic nitrogens is 2. The Balaban J connectivity index is 1.87. The van der Waals surface area contributed by atoms with Crippen LogP contribution in [0.1, 0.15) is 23.6 Å². The molecule has 1 saturated heterocycles. The van der Waals surface area contributed by atoms with Crippen LogP contribution in [0.4, 0.5) is 9.39 Å². The number of fused-ring (bicyclic) bond motifs is 1. The number of hydrogen-bond donors (Lipinski definition) is 3. The SMILES string of the molecule is COc1ccc(F)cc1CCn1c(=O)n([C@H]2CNC(=O)C2)c(=O)c2c(C)c(N/N=C\C=N)sc21. The van der Waals surface area contributed by atoms with E-state index in [1.54, 1.807) is 6.92 Å². The molecule has 0 radical (unpaired) electrons. The first-order valence-corrected chi connectivity index (χ1v) is 11.3. The van der Waals surface area contributed by atoms with Crippen LogP contribution in [0.3, 0.4) is 0 Å². The molecule has 3 aromatic rings. The molecule has 2 aromatic heterocycles. The number of amides is 1. The molecule has 1 aliphatic heterocycles. The van der Waals surface area contributed by atoms with E-state index in [0.717, 1.165) is 10.8 Å². The van der Waals surface area contributed by atoms with E-state index >= 15 is 0 Å². The van der Waals surface area contributed by atoms with Crippen LogP contribution in [0.5, 0.6) is 5.75 Å². The van der Waals surface area contributed by atoms with Gasteiger partial charge in [-0.3, -0.25) is 24.1 Å². The van der Waals surface area contributed by atoms with Crippen molar-refractivity contribution in [3.8, 4) is 5.75 Å². The van der Waals surface area contributed by atoms with Crippen molar-refractivity contribution in [3.05, 3.63) is 56.0 Å². The standard InChI is InChI=1S/C22H23FN6O4S/c1-12-18-20(31)29(15-10-17(30)25-11-15)22(32)28(21(18)34-19(12)27-26-7-6-24)8-5-13-9-14(23)3-4-16(13)33-2/h3-4,6-7,9,15,24,27H,5,8,10-11H2,1-2H3,(H,25,30)/b24-6?,26-7-/t15-/m1/s1. The highest BCUT2D eigenvalue weighted by molar-refractivity contribution is 7.22. The molecule has 0 unspecified atom stereocenters. The number of anilines is 1. The molecule has 1 atom stereocenters. The molecule has 1 amide bonds. The number of nitrogens with zero attached hydrogens (tertiary/aromatic N) is 3. The number of halogens is 1. The molecule has 34 heavy (non-hydrogen) atoms. The predicted octanol–water partition coefficient (Wildman–Crippen LogP) is 2.03. The molecule has 0 bridgehead atoms. The van der Waals surface area contributed by atoms with E-state index < -0.39 is 23.1 Å². The van der Waals surface area contributed by atoms with E-state index in [-0.39, 0.29) is 31.8 Å². The lowest BCUT2D eigenvalue weighted by Crippen LogP contribution is -2.43. The average molecular weight is 487 g/mol. The summed E-state index contributed by atoms with van der Waals surface area (Å²) in [6.07, 6.45) is 2.58. The largest absolute Gasteiger partial charge is 0.496 e. The van der Waals surface area contributed by atoms with Gasteiger partial charge in [0.2, 0.25) is 5.91 Å². The second kappa shape index (κ2) is 9.59. The highest BCUT2D eigenvalue weighted by atomic mass is 32.1. The molecule has 1 fully saturated rings. The van der Waals surface area contributed by atoms with E-state index in [9.17, 15) is 18.8 Å². The van der Waals surface area contributed by atoms with Gasteiger partial charge in [-0.05, 0) is 37.1 Å². The minimum absolute atomic E-state index is 0.0380. The van der Waals surface area contributed by atoms with Gasteiger partial charge in [-0.25, -0.2) is 9.18 Å². The fourth-order valence-electron chi connectivity index (χ4n) is 4.07. The van der Waals surface area contributed by atoms with E-state index in [2.05, 4.69) is 15.8 Å². The van der Waals surface area contributed by atoms with E-state index in [1.165, 1.54) is 47.4 Å². The lowest BCUT2D eigenvalue weighted by Gasteiger charge is -2.16. The van der Waals surface area contributed by atoms with Crippen LogP contribution in [0.2, 0.25) is 0 Å². The van der Waals surface area contributed by atoms with Gasteiger partial charge in [0, 0.05) is 31.3 Å². The summed E-state index contributed by atoms with van der Waals surface area (Å²) >= 11 is 1.19. The zero-order chi connectivity index (χ0) is 24.4. The Morgan fingerprint density at radius 2 is 2.18 bits per heavy atom. The molecular weight excluding hydrogens is 463 g/mol. The zero-order valence-electron chi connectivity index (χ0n) is 18.6. The molecule has 1 aromatic carbocycles. The second-order valence-corrected chi connectivity index (χ2v) is 8.77. The predicted molar refractivity (Wildman–Crippen MR) is 129 cm³/mol. The second-order valence-electron chi connectivity index (χ2n) is 7.77. The number of carbonyl (C=O) groups excluding carboxylic acids is 1. The summed E-state index contributed by atoms with van der Waals surface area (Å²) in [7, 11) is 1.49. The number of thiophene rings is 1. The first-order valence-electron chi connectivity index (χ1n) is 10.5. The van der Waals surface area contributed by atoms with Gasteiger partial charge in [-0.1, -0.05) is 11.3 Å². The maximum Gasteiger partial charge on any atom is 0.332 e. The van der Waals surface area contributed by atoms with Gasteiger partial charge in [0.15, 0.2) is 0 Å². The Labute approximate surface area is 197 Å². The summed E-state index contributed by atoms with van der Waals surface area (Å²) in [4.78, 5) is 39.2. The summed E-state index contributed by atoms with van der Waals surface area (Å²) < 4.78 is 21.8. The van der Waals surface area contributed by atoms with Gasteiger partial charge in [-0.15, -0.1) is 0 Å². The Kier molecular flexibility index (Phi) is 6.59. The van der Waals surface area contributed by atoms with Gasteiger partial charge in [-0.2, -0.15) is 5.10 Å². The molecule has 0 spiro atoms. The van der Waals surface area contributed by atoms with Crippen molar-refractivity contribution in [2.75, 3.05) is 19.1 Å². The minimum atomic E-state index is -0.599. The number of methoxy groups -OCH3 is 1. The van der Waals surface area contributed by atoms with Gasteiger partial charge < -0.3 is 15.5 Å². The normalized spacial score (nSPS) is 15.7. The number of nitrogens with one attached hydrogen (secondary N) is 3. The summed E-state index contributed by atoms with van der Waals surface area (Å²) in [5.41, 5.74) is 2.99. The Hall–Kier alpha value is -3.80. The highest BCUT2D eigenvalue weighted by Gasteiger charge is 2.29. The van der Waals surface area contributed by atoms with Crippen LogP contribution in [-0.2, 0) is 17.8 Å². The lowest BCUT2D eigenvalue weighted by atomic mass is 10.1. The summed E-state index contributed by atoms with van der Waals surface area (Å²) in [5.74, 6) is -0.149. The van der Waals surface area contributed by atoms with Crippen molar-refractivity contribution < 1.29 is 13.9 Å². The Morgan fingerprint density at radius 1 is 1.38 bits per heavy atom. The van der Waals surface area contributed by atoms with Crippen molar-refractivity contribution in [1.29, 1.82) is 5.41 Å². The molecule has 10 nitrogen and oxygen atoms in total. The third-order valence-electron chi connectivity index (χ3n) is 5.73. The average Bonchev–Trinajstić information content (AvgIpc) is 3.37. The summed E-state index contributed by atoms with van der Waals surface area (Å²) in [5, 5.41) is 14.6. The zero-order valence-corrected chi connectivity index (χ0v) is 19.4. The number of rotatable bonds is 8. The molecule has 3 heterocycles. The Morgan fingerprint density at radius 3 is 2.85 bits per heavy atom. The maximum atomic E-state index is 13.9. The lowest BCUT2D eigenvalue weighted by molar-refractivity contribution is -0.119. The molecule has 0 saturated carbocycles. The van der Waals surface area contributed by atoms with Crippen LogP contribution in [-0.4, -0.2) is 41.1 Å². The van der Waals surface area contributed by atoms with Gasteiger partial charge in [0.05, 0.1) is 24.8 Å². The first kappa shape index (κ1) is 23.4. The Bertz CT molecular complexity index is 1420. The summed E-state index contributed by atoms with van der Waals surface area (Å²) in [6.45, 7) is 2.09. The third-order valence-corrected chi connectivity index (χ3v) is 6.95. The number of hydrazone groups is 1. The molecule has 1 aliphatic rings. The van der Waals surface area contributed by atoms with Crippen molar-refractivity contribution in [2.45, 2.75) is 32.4 Å². The van der Waals surface area contributed by atoms with Gasteiger partial charge in [0.1, 0.15) is 21.4 Å². The number of hydrogen-bond acceptors (Lipinski definition) is 8. The number of ether oxygens (including phenoxy) is 1. The third kappa shape index (κ3) is 4.23. The van der Waals surface area contributed by atoms with Crippen molar-refractivity contribution in [2.24, 2.45) is 5.10 Å². The molecule has 4 rings (SSSR count). The van der Waals surface area contributed by atoms with Crippen molar-refractivity contribution in [1.82, 2.24) is 14.5 Å². The molecule has 3 N–H and O–H groups in total. The van der Waals surface area contributed by atoms with Crippen molar-refractivity contribution in [3.63, 3.8) is 0 Å². The number of benzene rings is 1. The van der Waals surface area contributed by atoms with E-state index in [0.29, 0.717) is 32.1 Å².